The van der Waals surface area contributed by atoms with Crippen LogP contribution in [0.5, 0.6) is 0 Å². The average Bonchev–Trinajstić information content (AvgIpc) is 3.74. The molecule has 1 unspecified atom stereocenters. The molecule has 256 valence electrons. The number of benzene rings is 7. The van der Waals surface area contributed by atoms with Gasteiger partial charge in [-0.1, -0.05) is 122 Å². The molecule has 2 aromatic heterocycles. The predicted octanol–water partition coefficient (Wildman–Crippen LogP) is 13.0. The molecule has 54 heavy (non-hydrogen) atoms. The first-order valence-electron chi connectivity index (χ1n) is 18.6. The second-order valence-electron chi connectivity index (χ2n) is 14.7. The summed E-state index contributed by atoms with van der Waals surface area (Å²) in [6.07, 6.45) is 7.71. The van der Waals surface area contributed by atoms with E-state index in [0.717, 1.165) is 39.6 Å². The van der Waals surface area contributed by atoms with E-state index in [1.807, 2.05) is 6.07 Å². The van der Waals surface area contributed by atoms with Crippen molar-refractivity contribution in [1.29, 1.82) is 5.26 Å². The monoisotopic (exact) mass is 691 g/mol. The molecule has 0 fully saturated rings. The number of aryl methyl sites for hydroxylation is 1. The second kappa shape index (κ2) is 12.4. The van der Waals surface area contributed by atoms with E-state index in [1.54, 1.807) is 0 Å². The Bertz CT molecular complexity index is 3050. The molecule has 1 atom stereocenters. The fraction of sp³-hybridized carbons (Fsp3) is 0.0784. The van der Waals surface area contributed by atoms with E-state index in [9.17, 15) is 5.26 Å². The molecule has 0 saturated carbocycles. The van der Waals surface area contributed by atoms with Crippen LogP contribution in [0.2, 0.25) is 0 Å². The van der Waals surface area contributed by atoms with Crippen LogP contribution in [0.15, 0.2) is 176 Å². The fourth-order valence-electron chi connectivity index (χ4n) is 8.94. The Balaban J connectivity index is 1.19. The molecule has 1 aliphatic rings. The lowest BCUT2D eigenvalue weighted by Gasteiger charge is -2.35. The maximum atomic E-state index is 9.93. The Morgan fingerprint density at radius 2 is 1.22 bits per heavy atom. The summed E-state index contributed by atoms with van der Waals surface area (Å²) in [5.41, 5.74) is 14.7. The van der Waals surface area contributed by atoms with E-state index in [1.165, 1.54) is 55.2 Å². The highest BCUT2D eigenvalue weighted by Crippen LogP contribution is 2.49. The molecule has 7 aromatic carbocycles. The van der Waals surface area contributed by atoms with E-state index < -0.39 is 0 Å². The van der Waals surface area contributed by atoms with Crippen molar-refractivity contribution in [2.45, 2.75) is 25.7 Å². The predicted molar refractivity (Wildman–Crippen MR) is 226 cm³/mol. The van der Waals surface area contributed by atoms with E-state index in [0.29, 0.717) is 5.56 Å². The Morgan fingerprint density at radius 3 is 2.06 bits per heavy atom. The first-order valence-corrected chi connectivity index (χ1v) is 18.6. The van der Waals surface area contributed by atoms with Crippen LogP contribution in [-0.4, -0.2) is 9.13 Å². The maximum absolute atomic E-state index is 9.93. The van der Waals surface area contributed by atoms with Gasteiger partial charge in [0.05, 0.1) is 33.7 Å². The molecule has 0 aliphatic heterocycles. The van der Waals surface area contributed by atoms with Crippen molar-refractivity contribution in [2.75, 3.05) is 0 Å². The third-order valence-corrected chi connectivity index (χ3v) is 11.5. The zero-order valence-electron chi connectivity index (χ0n) is 30.3. The minimum Gasteiger partial charge on any atom is -0.309 e. The standard InChI is InChI=1S/C51H37N3/c1-34-14-12-17-38(30-34)53-48-27-25-35(33-52)31-44(48)45-32-36(26-28-49(45)53)51(2)29-11-10-23-46(51)40-19-7-6-18-39(40)42-21-13-22-43-41-20-8-9-24-47(41)54(50(42)43)37-15-4-3-5-16-37/h3-28,30-32H,29H2,1-2H3. The van der Waals surface area contributed by atoms with Crippen LogP contribution in [0, 0.1) is 18.3 Å². The number of rotatable bonds is 5. The van der Waals surface area contributed by atoms with Gasteiger partial charge in [-0.05, 0) is 102 Å². The summed E-state index contributed by atoms with van der Waals surface area (Å²) < 4.78 is 4.77. The SMILES string of the molecule is Cc1cccc(-n2c3ccc(C#N)cc3c3cc(C4(C)CC=CC=C4c4ccccc4-c4cccc5c6ccccc6n(-c6ccccc6)c45)ccc32)c1. The van der Waals surface area contributed by atoms with E-state index in [4.69, 9.17) is 0 Å². The summed E-state index contributed by atoms with van der Waals surface area (Å²) in [6.45, 7) is 4.52. The first-order chi connectivity index (χ1) is 26.5. The molecule has 0 N–H and O–H groups in total. The van der Waals surface area contributed by atoms with Crippen molar-refractivity contribution in [2.24, 2.45) is 0 Å². The molecule has 0 bridgehead atoms. The molecule has 0 amide bonds. The van der Waals surface area contributed by atoms with Gasteiger partial charge in [-0.2, -0.15) is 5.26 Å². The second-order valence-corrected chi connectivity index (χ2v) is 14.7. The van der Waals surface area contributed by atoms with Crippen LogP contribution < -0.4 is 0 Å². The normalized spacial score (nSPS) is 15.6. The Morgan fingerprint density at radius 1 is 0.556 bits per heavy atom. The smallest absolute Gasteiger partial charge is 0.0991 e. The van der Waals surface area contributed by atoms with Gasteiger partial charge in [0.1, 0.15) is 0 Å². The lowest BCUT2D eigenvalue weighted by Crippen LogP contribution is -2.25. The summed E-state index contributed by atoms with van der Waals surface area (Å²) in [6, 6.07) is 59.2. The fourth-order valence-corrected chi connectivity index (χ4v) is 8.94. The third kappa shape index (κ3) is 4.81. The quantitative estimate of drug-likeness (QED) is 0.177. The Labute approximate surface area is 315 Å². The number of nitriles is 1. The molecule has 9 aromatic rings. The number of allylic oxidation sites excluding steroid dienone is 4. The van der Waals surface area contributed by atoms with Crippen LogP contribution >= 0.6 is 0 Å². The molecule has 10 rings (SSSR count). The number of fused-ring (bicyclic) bond motifs is 6. The molecule has 0 saturated heterocycles. The molecule has 0 spiro atoms. The lowest BCUT2D eigenvalue weighted by atomic mass is 9.68. The molecule has 3 nitrogen and oxygen atoms in total. The van der Waals surface area contributed by atoms with Gasteiger partial charge < -0.3 is 9.13 Å². The summed E-state index contributed by atoms with van der Waals surface area (Å²) in [5, 5.41) is 14.7. The number of nitrogens with zero attached hydrogens (tertiary/aromatic N) is 3. The van der Waals surface area contributed by atoms with Gasteiger partial charge in [-0.25, -0.2) is 0 Å². The summed E-state index contributed by atoms with van der Waals surface area (Å²) >= 11 is 0. The Kier molecular flexibility index (Phi) is 7.29. The van der Waals surface area contributed by atoms with Gasteiger partial charge in [-0.15, -0.1) is 0 Å². The molecule has 2 heterocycles. The number of para-hydroxylation sites is 3. The molecule has 3 heteroatoms. The van der Waals surface area contributed by atoms with Gasteiger partial charge in [0.15, 0.2) is 0 Å². The van der Waals surface area contributed by atoms with Crippen LogP contribution in [0.4, 0.5) is 0 Å². The highest BCUT2D eigenvalue weighted by Gasteiger charge is 2.34. The highest BCUT2D eigenvalue weighted by molar-refractivity contribution is 6.15. The third-order valence-electron chi connectivity index (χ3n) is 11.5. The lowest BCUT2D eigenvalue weighted by molar-refractivity contribution is 0.622. The number of hydrogen-bond donors (Lipinski definition) is 0. The molecular formula is C51H37N3. The molecular weight excluding hydrogens is 655 g/mol. The minimum absolute atomic E-state index is 0.316. The van der Waals surface area contributed by atoms with Gasteiger partial charge >= 0.3 is 0 Å². The topological polar surface area (TPSA) is 33.6 Å². The van der Waals surface area contributed by atoms with Gasteiger partial charge in [0.2, 0.25) is 0 Å². The van der Waals surface area contributed by atoms with Crippen LogP contribution in [0.25, 0.3) is 71.7 Å². The number of aromatic nitrogens is 2. The van der Waals surface area contributed by atoms with E-state index in [-0.39, 0.29) is 5.41 Å². The molecule has 0 radical (unpaired) electrons. The largest absolute Gasteiger partial charge is 0.309 e. The molecule has 1 aliphatic carbocycles. The zero-order valence-corrected chi connectivity index (χ0v) is 30.3. The average molecular weight is 692 g/mol. The first kappa shape index (κ1) is 31.8. The van der Waals surface area contributed by atoms with Crippen molar-refractivity contribution < 1.29 is 0 Å². The number of hydrogen-bond acceptors (Lipinski definition) is 1. The van der Waals surface area contributed by atoms with Crippen LogP contribution in [0.3, 0.4) is 0 Å². The van der Waals surface area contributed by atoms with Crippen molar-refractivity contribution in [1.82, 2.24) is 9.13 Å². The maximum Gasteiger partial charge on any atom is 0.0991 e. The van der Waals surface area contributed by atoms with Gasteiger partial charge in [0, 0.05) is 43.9 Å². The zero-order chi connectivity index (χ0) is 36.4. The van der Waals surface area contributed by atoms with Gasteiger partial charge in [-0.3, -0.25) is 0 Å². The van der Waals surface area contributed by atoms with Crippen molar-refractivity contribution in [3.05, 3.63) is 198 Å². The van der Waals surface area contributed by atoms with Crippen molar-refractivity contribution >= 4 is 49.2 Å². The van der Waals surface area contributed by atoms with Crippen molar-refractivity contribution in [3.63, 3.8) is 0 Å². The highest BCUT2D eigenvalue weighted by atomic mass is 15.0. The summed E-state index contributed by atoms with van der Waals surface area (Å²) in [5.74, 6) is 0. The van der Waals surface area contributed by atoms with Gasteiger partial charge in [0.25, 0.3) is 0 Å². The summed E-state index contributed by atoms with van der Waals surface area (Å²) in [7, 11) is 0. The van der Waals surface area contributed by atoms with E-state index in [2.05, 4.69) is 199 Å². The van der Waals surface area contributed by atoms with Crippen LogP contribution in [0.1, 0.15) is 35.6 Å². The van der Waals surface area contributed by atoms with Crippen molar-refractivity contribution in [3.8, 4) is 28.6 Å². The Hall–Kier alpha value is -6.89. The minimum atomic E-state index is -0.316. The van der Waals surface area contributed by atoms with E-state index >= 15 is 0 Å². The van der Waals surface area contributed by atoms with Crippen LogP contribution in [-0.2, 0) is 5.41 Å². The summed E-state index contributed by atoms with van der Waals surface area (Å²) in [4.78, 5) is 0.